The van der Waals surface area contributed by atoms with Gasteiger partial charge in [0.2, 0.25) is 0 Å². The van der Waals surface area contributed by atoms with Crippen molar-refractivity contribution in [3.63, 3.8) is 0 Å². The number of nitrogens with zero attached hydrogens (tertiary/aromatic N) is 1. The second-order valence-electron chi connectivity index (χ2n) is 11.2. The second kappa shape index (κ2) is 39.9. The van der Waals surface area contributed by atoms with Crippen molar-refractivity contribution in [1.29, 1.82) is 0 Å². The molecular formula is C35H67NO11. The van der Waals surface area contributed by atoms with Gasteiger partial charge in [0, 0.05) is 26.1 Å². The van der Waals surface area contributed by atoms with Gasteiger partial charge >= 0.3 is 11.9 Å². The normalized spacial score (nSPS) is 10.3. The van der Waals surface area contributed by atoms with Crippen molar-refractivity contribution < 1.29 is 55.2 Å². The zero-order valence-corrected chi connectivity index (χ0v) is 29.1. The summed E-state index contributed by atoms with van der Waals surface area (Å²) in [7, 11) is 1.31. The summed E-state index contributed by atoms with van der Waals surface area (Å²) >= 11 is 0. The zero-order valence-electron chi connectivity index (χ0n) is 29.1. The lowest BCUT2D eigenvalue weighted by molar-refractivity contribution is -0.137. The molecule has 1 rings (SSSR count). The maximum Gasteiger partial charge on any atom is 0.337 e. The monoisotopic (exact) mass is 677 g/mol. The molecule has 1 aromatic carbocycles. The van der Waals surface area contributed by atoms with E-state index < -0.39 is 18.0 Å². The van der Waals surface area contributed by atoms with Gasteiger partial charge in [-0.15, -0.1) is 0 Å². The molecule has 0 saturated carbocycles. The van der Waals surface area contributed by atoms with E-state index in [0.717, 1.165) is 12.8 Å². The second-order valence-corrected chi connectivity index (χ2v) is 11.2. The van der Waals surface area contributed by atoms with Crippen molar-refractivity contribution in [3.05, 3.63) is 29.8 Å². The minimum Gasteiger partial charge on any atom is -0.508 e. The number of benzene rings is 1. The Morgan fingerprint density at radius 1 is 0.660 bits per heavy atom. The minimum atomic E-state index is -0.954. The van der Waals surface area contributed by atoms with E-state index in [0.29, 0.717) is 31.6 Å². The molecule has 0 saturated heterocycles. The van der Waals surface area contributed by atoms with Crippen LogP contribution in [0.3, 0.4) is 0 Å². The molecule has 0 aliphatic heterocycles. The number of aliphatic hydroxyl groups is 6. The molecule has 47 heavy (non-hydrogen) atoms. The molecule has 0 aliphatic rings. The number of aliphatic carboxylic acids is 1. The summed E-state index contributed by atoms with van der Waals surface area (Å²) in [5.41, 5.74) is 0.435. The first-order valence-corrected chi connectivity index (χ1v) is 17.2. The zero-order chi connectivity index (χ0) is 36.0. The molecule has 0 fully saturated rings. The van der Waals surface area contributed by atoms with Crippen LogP contribution in [0.5, 0.6) is 5.75 Å². The maximum absolute atomic E-state index is 10.8. The molecule has 0 unspecified atom stereocenters. The van der Waals surface area contributed by atoms with Crippen LogP contribution in [0.4, 0.5) is 0 Å². The van der Waals surface area contributed by atoms with E-state index in [4.69, 9.17) is 40.9 Å². The van der Waals surface area contributed by atoms with E-state index in [1.165, 1.54) is 115 Å². The Morgan fingerprint density at radius 3 is 1.30 bits per heavy atom. The van der Waals surface area contributed by atoms with Gasteiger partial charge in [0.1, 0.15) is 11.9 Å². The van der Waals surface area contributed by atoms with Crippen LogP contribution >= 0.6 is 0 Å². The Labute approximate surface area is 283 Å². The molecule has 0 bridgehead atoms. The van der Waals surface area contributed by atoms with Crippen molar-refractivity contribution in [2.45, 2.75) is 116 Å². The van der Waals surface area contributed by atoms with E-state index in [1.807, 2.05) is 0 Å². The van der Waals surface area contributed by atoms with E-state index >= 15 is 0 Å². The van der Waals surface area contributed by atoms with Gasteiger partial charge in [-0.1, -0.05) is 96.8 Å². The molecule has 0 aromatic heterocycles. The van der Waals surface area contributed by atoms with Crippen LogP contribution in [0.2, 0.25) is 0 Å². The maximum atomic E-state index is 10.8. The van der Waals surface area contributed by atoms with E-state index in [9.17, 15) is 9.59 Å². The largest absolute Gasteiger partial charge is 0.508 e. The molecule has 8 N–H and O–H groups in total. The van der Waals surface area contributed by atoms with Gasteiger partial charge in [0.05, 0.1) is 45.7 Å². The van der Waals surface area contributed by atoms with Crippen LogP contribution < -0.4 is 0 Å². The number of ether oxygens (including phenoxy) is 1. The molecule has 12 nitrogen and oxygen atoms in total. The smallest absolute Gasteiger partial charge is 0.337 e. The number of carbonyl (C=O) groups is 2. The van der Waals surface area contributed by atoms with Crippen LogP contribution in [0, 0.1) is 0 Å². The highest BCUT2D eigenvalue weighted by Crippen LogP contribution is 2.14. The Morgan fingerprint density at radius 2 is 1.02 bits per heavy atom. The summed E-state index contributed by atoms with van der Waals surface area (Å²) in [6.45, 7) is 3.29. The summed E-state index contributed by atoms with van der Waals surface area (Å²) in [6.07, 6.45) is 19.2. The number of aliphatic hydroxyl groups excluding tert-OH is 6. The number of aromatic hydroxyl groups is 1. The summed E-state index contributed by atoms with van der Waals surface area (Å²) in [5, 5.41) is 66.8. The Hall–Kier alpha value is -2.32. The number of carboxylic acids is 1. The van der Waals surface area contributed by atoms with E-state index in [1.54, 1.807) is 4.90 Å². The molecule has 0 heterocycles. The fraction of sp³-hybridized carbons (Fsp3) is 0.771. The van der Waals surface area contributed by atoms with Crippen LogP contribution in [0.25, 0.3) is 0 Å². The highest BCUT2D eigenvalue weighted by atomic mass is 16.5. The highest BCUT2D eigenvalue weighted by molar-refractivity contribution is 5.89. The predicted octanol–water partition coefficient (Wildman–Crippen LogP) is 4.11. The summed E-state index contributed by atoms with van der Waals surface area (Å²) < 4.78 is 4.46. The molecule has 0 aliphatic carbocycles. The first kappa shape index (κ1) is 49.1. The lowest BCUT2D eigenvalue weighted by atomic mass is 10.0. The topological polar surface area (TPSA) is 208 Å². The third-order valence-electron chi connectivity index (χ3n) is 6.95. The number of hydrogen-bond donors (Lipinski definition) is 8. The van der Waals surface area contributed by atoms with Gasteiger partial charge < -0.3 is 45.6 Å². The van der Waals surface area contributed by atoms with Gasteiger partial charge in [0.15, 0.2) is 0 Å². The minimum absolute atomic E-state index is 0.0694. The average molecular weight is 678 g/mol. The van der Waals surface area contributed by atoms with E-state index in [-0.39, 0.29) is 38.8 Å². The van der Waals surface area contributed by atoms with Crippen LogP contribution in [-0.2, 0) is 9.53 Å². The average Bonchev–Trinajstić information content (AvgIpc) is 3.07. The fourth-order valence-corrected chi connectivity index (χ4v) is 4.18. The predicted molar refractivity (Wildman–Crippen MR) is 185 cm³/mol. The number of phenols is 1. The van der Waals surface area contributed by atoms with Crippen molar-refractivity contribution in [3.8, 4) is 5.75 Å². The van der Waals surface area contributed by atoms with Gasteiger partial charge in [0.25, 0.3) is 0 Å². The van der Waals surface area contributed by atoms with Gasteiger partial charge in [-0.05, 0) is 30.7 Å². The number of unbranched alkanes of at least 4 members (excludes halogenated alkanes) is 14. The molecule has 1 aromatic rings. The number of carbonyl (C=O) groups excluding carboxylic acids is 1. The van der Waals surface area contributed by atoms with Gasteiger partial charge in [-0.25, -0.2) is 4.79 Å². The van der Waals surface area contributed by atoms with Crippen molar-refractivity contribution >= 4 is 11.9 Å². The molecular weight excluding hydrogens is 610 g/mol. The number of phenolic OH excluding ortho intramolecular Hbond substituents is 1. The highest BCUT2D eigenvalue weighted by Gasteiger charge is 2.03. The van der Waals surface area contributed by atoms with Crippen LogP contribution in [-0.4, -0.2) is 124 Å². The number of carboxylic acid groups (broad SMARTS) is 1. The molecule has 0 spiro atoms. The van der Waals surface area contributed by atoms with Gasteiger partial charge in [-0.3, -0.25) is 9.69 Å². The molecule has 278 valence electrons. The van der Waals surface area contributed by atoms with Crippen molar-refractivity contribution in [2.75, 3.05) is 59.8 Å². The van der Waals surface area contributed by atoms with Gasteiger partial charge in [-0.2, -0.15) is 0 Å². The molecule has 0 radical (unpaired) electrons. The fourth-order valence-electron chi connectivity index (χ4n) is 4.18. The summed E-state index contributed by atoms with van der Waals surface area (Å²) in [5.74, 6) is -0.914. The number of rotatable bonds is 25. The molecule has 12 heteroatoms. The summed E-state index contributed by atoms with van der Waals surface area (Å²) in [6, 6.07) is 5.88. The quantitative estimate of drug-likeness (QED) is 0.0543. The lowest BCUT2D eigenvalue weighted by Gasteiger charge is -2.17. The molecule has 0 amide bonds. The number of esters is 1. The SMILES string of the molecule is CCCCCCCCCCCCCCCCCC(=O)O.COC(=O)c1ccc(O)cc1.OCC(O)CO.OCCN(CCO)CCO. The van der Waals surface area contributed by atoms with Crippen molar-refractivity contribution in [2.24, 2.45) is 0 Å². The first-order chi connectivity index (χ1) is 22.7. The first-order valence-electron chi connectivity index (χ1n) is 17.2. The summed E-state index contributed by atoms with van der Waals surface area (Å²) in [4.78, 5) is 22.9. The number of methoxy groups -OCH3 is 1. The van der Waals surface area contributed by atoms with Crippen LogP contribution in [0.15, 0.2) is 24.3 Å². The molecule has 0 atom stereocenters. The van der Waals surface area contributed by atoms with Crippen molar-refractivity contribution in [1.82, 2.24) is 4.90 Å². The standard InChI is InChI=1S/C18H36O2.C8H8O3.C6H15NO3.C3H8O3/c1-2-3-4-5-6-7-8-9-10-11-12-13-14-15-16-17-18(19)20;1-11-8(10)6-2-4-7(9)5-3-6;8-4-1-7(2-5-9)3-6-10;4-1-3(6)2-5/h2-17H2,1H3,(H,19,20);2-5,9H,1H3;8-10H,1-6H2;3-6H,1-2H2. The van der Waals surface area contributed by atoms with E-state index in [2.05, 4.69) is 11.7 Å². The third kappa shape index (κ3) is 39.8. The third-order valence-corrected chi connectivity index (χ3v) is 6.95. The van der Waals surface area contributed by atoms with Crippen LogP contribution in [0.1, 0.15) is 120 Å². The number of hydrogen-bond acceptors (Lipinski definition) is 11. The lowest BCUT2D eigenvalue weighted by Crippen LogP contribution is -2.32. The Balaban J connectivity index is -0.000000605. The Kier molecular flexibility index (Phi) is 41.6. The Bertz CT molecular complexity index is 763.